The number of hydrogen-bond donors (Lipinski definition) is 1. The van der Waals surface area contributed by atoms with E-state index in [-0.39, 0.29) is 17.1 Å². The van der Waals surface area contributed by atoms with Crippen molar-refractivity contribution in [3.05, 3.63) is 74.3 Å². The highest BCUT2D eigenvalue weighted by Gasteiger charge is 2.22. The molecule has 0 heterocycles. The van der Waals surface area contributed by atoms with Crippen molar-refractivity contribution in [1.82, 2.24) is 5.43 Å². The Bertz CT molecular complexity index is 1080. The fourth-order valence-corrected chi connectivity index (χ4v) is 3.07. The second-order valence-corrected chi connectivity index (χ2v) is 7.60. The molecule has 29 heavy (non-hydrogen) atoms. The number of carbonyl (C=O) groups excluding carboxylic acids is 1. The minimum atomic E-state index is -3.92. The van der Waals surface area contributed by atoms with Gasteiger partial charge in [0.2, 0.25) is 10.0 Å². The topological polar surface area (TPSA) is 165 Å². The van der Waals surface area contributed by atoms with Gasteiger partial charge in [-0.05, 0) is 6.07 Å². The van der Waals surface area contributed by atoms with Crippen LogP contribution < -0.4 is 9.73 Å². The van der Waals surface area contributed by atoms with Crippen molar-refractivity contribution < 1.29 is 23.1 Å². The SMILES string of the molecule is CS(=O)(=O)N(CC(=O)N/N=C\c1cccc([N+](=O)[O-])c1)c1cccc([N+](=O)[O-])c1. The minimum Gasteiger partial charge on any atom is -0.271 e. The van der Waals surface area contributed by atoms with E-state index in [1.165, 1.54) is 42.5 Å². The number of nitro groups is 2. The zero-order valence-corrected chi connectivity index (χ0v) is 15.8. The van der Waals surface area contributed by atoms with Crippen molar-refractivity contribution in [2.45, 2.75) is 0 Å². The minimum absolute atomic E-state index is 0.0560. The molecule has 0 saturated carbocycles. The molecule has 0 radical (unpaired) electrons. The van der Waals surface area contributed by atoms with Gasteiger partial charge in [0.05, 0.1) is 28.0 Å². The zero-order valence-electron chi connectivity index (χ0n) is 15.0. The first-order valence-corrected chi connectivity index (χ1v) is 9.71. The van der Waals surface area contributed by atoms with E-state index in [1.54, 1.807) is 0 Å². The van der Waals surface area contributed by atoms with Crippen LogP contribution in [0.1, 0.15) is 5.56 Å². The third kappa shape index (κ3) is 6.07. The van der Waals surface area contributed by atoms with E-state index in [9.17, 15) is 33.4 Å². The van der Waals surface area contributed by atoms with Gasteiger partial charge >= 0.3 is 0 Å². The van der Waals surface area contributed by atoms with E-state index in [0.29, 0.717) is 9.87 Å². The van der Waals surface area contributed by atoms with Crippen molar-refractivity contribution in [2.24, 2.45) is 5.10 Å². The number of hydrazone groups is 1. The van der Waals surface area contributed by atoms with Crippen LogP contribution in [-0.4, -0.2) is 43.2 Å². The Morgan fingerprint density at radius 3 is 2.28 bits per heavy atom. The van der Waals surface area contributed by atoms with Gasteiger partial charge in [0.15, 0.2) is 0 Å². The van der Waals surface area contributed by atoms with Crippen molar-refractivity contribution in [2.75, 3.05) is 17.1 Å². The highest BCUT2D eigenvalue weighted by Crippen LogP contribution is 2.22. The molecule has 2 rings (SSSR count). The average molecular weight is 421 g/mol. The van der Waals surface area contributed by atoms with Gasteiger partial charge in [-0.15, -0.1) is 0 Å². The van der Waals surface area contributed by atoms with Crippen LogP contribution in [0.3, 0.4) is 0 Å². The molecule has 13 heteroatoms. The van der Waals surface area contributed by atoms with Crippen molar-refractivity contribution in [3.63, 3.8) is 0 Å². The Kier molecular flexibility index (Phi) is 6.56. The van der Waals surface area contributed by atoms with E-state index in [2.05, 4.69) is 10.5 Å². The standard InChI is InChI=1S/C16H15N5O7S/c1-29(27,28)19(13-5-3-7-15(9-13)21(25)26)11-16(22)18-17-10-12-4-2-6-14(8-12)20(23)24/h2-10H,11H2,1H3,(H,18,22)/b17-10-. The fourth-order valence-electron chi connectivity index (χ4n) is 2.22. The molecule has 0 aliphatic heterocycles. The smallest absolute Gasteiger partial charge is 0.271 e. The molecule has 1 N–H and O–H groups in total. The zero-order chi connectivity index (χ0) is 21.6. The van der Waals surface area contributed by atoms with Gasteiger partial charge in [0.1, 0.15) is 6.54 Å². The van der Waals surface area contributed by atoms with Crippen LogP contribution in [0.25, 0.3) is 0 Å². The van der Waals surface area contributed by atoms with E-state index in [1.807, 2.05) is 0 Å². The number of sulfonamides is 1. The van der Waals surface area contributed by atoms with Crippen molar-refractivity contribution in [3.8, 4) is 0 Å². The Labute approximate surface area is 164 Å². The lowest BCUT2D eigenvalue weighted by Crippen LogP contribution is -2.39. The lowest BCUT2D eigenvalue weighted by Gasteiger charge is -2.21. The molecule has 0 fully saturated rings. The molecule has 152 valence electrons. The predicted octanol–water partition coefficient (Wildman–Crippen LogP) is 1.42. The molecule has 0 aliphatic carbocycles. The second kappa shape index (κ2) is 8.88. The van der Waals surface area contributed by atoms with Crippen LogP contribution in [-0.2, 0) is 14.8 Å². The maximum atomic E-state index is 12.1. The summed E-state index contributed by atoms with van der Waals surface area (Å²) in [5, 5.41) is 25.3. The summed E-state index contributed by atoms with van der Waals surface area (Å²) in [6.45, 7) is -0.674. The van der Waals surface area contributed by atoms with Crippen LogP contribution in [0, 0.1) is 20.2 Å². The maximum absolute atomic E-state index is 12.1. The molecular formula is C16H15N5O7S. The van der Waals surface area contributed by atoms with Crippen LogP contribution in [0.15, 0.2) is 53.6 Å². The van der Waals surface area contributed by atoms with Crippen LogP contribution in [0.4, 0.5) is 17.1 Å². The number of hydrogen-bond acceptors (Lipinski definition) is 8. The summed E-state index contributed by atoms with van der Waals surface area (Å²) in [5.41, 5.74) is 1.91. The largest absolute Gasteiger partial charge is 0.271 e. The van der Waals surface area contributed by atoms with Gasteiger partial charge < -0.3 is 0 Å². The lowest BCUT2D eigenvalue weighted by atomic mass is 10.2. The molecule has 0 saturated heterocycles. The third-order valence-corrected chi connectivity index (χ3v) is 4.64. The van der Waals surface area contributed by atoms with E-state index in [4.69, 9.17) is 0 Å². The van der Waals surface area contributed by atoms with Gasteiger partial charge in [0.25, 0.3) is 17.3 Å². The number of carbonyl (C=O) groups is 1. The highest BCUT2D eigenvalue weighted by atomic mass is 32.2. The van der Waals surface area contributed by atoms with E-state index >= 15 is 0 Å². The Morgan fingerprint density at radius 1 is 1.10 bits per heavy atom. The summed E-state index contributed by atoms with van der Waals surface area (Å²) >= 11 is 0. The summed E-state index contributed by atoms with van der Waals surface area (Å²) in [6, 6.07) is 10.3. The molecule has 12 nitrogen and oxygen atoms in total. The summed E-state index contributed by atoms with van der Waals surface area (Å²) in [6.07, 6.45) is 2.01. The highest BCUT2D eigenvalue weighted by molar-refractivity contribution is 7.92. The average Bonchev–Trinajstić information content (AvgIpc) is 2.65. The van der Waals surface area contributed by atoms with E-state index in [0.717, 1.165) is 18.5 Å². The molecular weight excluding hydrogens is 406 g/mol. The normalized spacial score (nSPS) is 11.2. The summed E-state index contributed by atoms with van der Waals surface area (Å²) in [7, 11) is -3.92. The van der Waals surface area contributed by atoms with Gasteiger partial charge in [-0.3, -0.25) is 29.3 Å². The van der Waals surface area contributed by atoms with Gasteiger partial charge in [-0.1, -0.05) is 18.2 Å². The summed E-state index contributed by atoms with van der Waals surface area (Å²) in [4.78, 5) is 32.4. The predicted molar refractivity (Wildman–Crippen MR) is 104 cm³/mol. The van der Waals surface area contributed by atoms with Gasteiger partial charge in [-0.25, -0.2) is 13.8 Å². The van der Waals surface area contributed by atoms with Crippen LogP contribution >= 0.6 is 0 Å². The molecule has 0 unspecified atom stereocenters. The Balaban J connectivity index is 2.13. The first-order chi connectivity index (χ1) is 13.6. The number of nitrogens with zero attached hydrogens (tertiary/aromatic N) is 4. The Hall–Kier alpha value is -3.87. The Morgan fingerprint density at radius 2 is 1.69 bits per heavy atom. The number of benzene rings is 2. The number of anilines is 1. The summed E-state index contributed by atoms with van der Waals surface area (Å²) < 4.78 is 24.7. The number of amides is 1. The van der Waals surface area contributed by atoms with Crippen molar-refractivity contribution >= 4 is 39.2 Å². The monoisotopic (exact) mass is 421 g/mol. The van der Waals surface area contributed by atoms with Gasteiger partial charge in [0, 0.05) is 29.8 Å². The molecule has 0 spiro atoms. The van der Waals surface area contributed by atoms with Crippen molar-refractivity contribution in [1.29, 1.82) is 0 Å². The fraction of sp³-hybridized carbons (Fsp3) is 0.125. The third-order valence-electron chi connectivity index (χ3n) is 3.50. The second-order valence-electron chi connectivity index (χ2n) is 5.69. The van der Waals surface area contributed by atoms with Gasteiger partial charge in [-0.2, -0.15) is 5.10 Å². The number of nitro benzene ring substituents is 2. The quantitative estimate of drug-likeness (QED) is 0.382. The molecule has 0 bridgehead atoms. The molecule has 0 aliphatic rings. The number of rotatable bonds is 8. The molecule has 0 aromatic heterocycles. The molecule has 0 atom stereocenters. The molecule has 1 amide bonds. The molecule has 2 aromatic rings. The van der Waals surface area contributed by atoms with Crippen LogP contribution in [0.2, 0.25) is 0 Å². The number of non-ortho nitro benzene ring substituents is 2. The maximum Gasteiger partial charge on any atom is 0.271 e. The van der Waals surface area contributed by atoms with Crippen LogP contribution in [0.5, 0.6) is 0 Å². The first-order valence-electron chi connectivity index (χ1n) is 7.86. The molecule has 2 aromatic carbocycles. The lowest BCUT2D eigenvalue weighted by molar-refractivity contribution is -0.385. The van der Waals surface area contributed by atoms with E-state index < -0.39 is 32.3 Å². The summed E-state index contributed by atoms with van der Waals surface area (Å²) in [5.74, 6) is -0.816. The first kappa shape index (κ1) is 21.4. The number of nitrogens with one attached hydrogen (secondary N) is 1.